The molecule has 0 aliphatic heterocycles. The van der Waals surface area contributed by atoms with Gasteiger partial charge in [-0.25, -0.2) is 19.2 Å². The molecule has 2 rings (SSSR count). The number of carbonyl (C=O) groups excluding carboxylic acids is 4. The molecule has 0 saturated heterocycles. The fraction of sp³-hybridized carbons (Fsp3) is 0.0714. The predicted octanol–water partition coefficient (Wildman–Crippen LogP) is 5.00. The van der Waals surface area contributed by atoms with Gasteiger partial charge in [-0.1, -0.05) is 26.3 Å². The molecule has 0 bridgehead atoms. The second-order valence-electron chi connectivity index (χ2n) is 7.07. The smallest absolute Gasteiger partial charge is 0.335 e. The van der Waals surface area contributed by atoms with Crippen LogP contribution in [0.15, 0.2) is 87.0 Å². The lowest BCUT2D eigenvalue weighted by atomic mass is 9.95. The van der Waals surface area contributed by atoms with E-state index in [1.54, 1.807) is 26.0 Å². The van der Waals surface area contributed by atoms with Crippen LogP contribution in [0, 0.1) is 0 Å². The molecule has 0 heterocycles. The Kier molecular flexibility index (Phi) is 9.45. The summed E-state index contributed by atoms with van der Waals surface area (Å²) in [6.07, 6.45) is 3.99. The summed E-state index contributed by atoms with van der Waals surface area (Å²) in [4.78, 5) is 47.1. The standard InChI is InChI=1S/C28H24O8/c1-7-25(29)33-19-11-13-21(23(15-19)35-27(31)9-3)17(5)18(6)22-14-12-20(34-26(30)8-2)16-24(22)36-28(32)10-4/h7-16H,1-4H2,5-6H3/b18-17+. The number of hydrogen-bond acceptors (Lipinski definition) is 8. The summed E-state index contributed by atoms with van der Waals surface area (Å²) >= 11 is 0. The van der Waals surface area contributed by atoms with Gasteiger partial charge in [-0.2, -0.15) is 0 Å². The van der Waals surface area contributed by atoms with Crippen molar-refractivity contribution in [2.75, 3.05) is 0 Å². The molecule has 184 valence electrons. The number of allylic oxidation sites excluding steroid dienone is 2. The second kappa shape index (κ2) is 12.5. The van der Waals surface area contributed by atoms with Crippen molar-refractivity contribution in [3.8, 4) is 23.0 Å². The molecule has 0 fully saturated rings. The highest BCUT2D eigenvalue weighted by molar-refractivity contribution is 5.95. The number of esters is 4. The number of hydrogen-bond donors (Lipinski definition) is 0. The van der Waals surface area contributed by atoms with Crippen LogP contribution in [0.1, 0.15) is 25.0 Å². The van der Waals surface area contributed by atoms with Crippen LogP contribution < -0.4 is 18.9 Å². The zero-order valence-corrected chi connectivity index (χ0v) is 19.9. The minimum absolute atomic E-state index is 0.104. The molecule has 0 amide bonds. The molecule has 0 aliphatic rings. The Morgan fingerprint density at radius 2 is 0.861 bits per heavy atom. The van der Waals surface area contributed by atoms with Crippen molar-refractivity contribution in [1.82, 2.24) is 0 Å². The van der Waals surface area contributed by atoms with E-state index < -0.39 is 23.9 Å². The fourth-order valence-corrected chi connectivity index (χ4v) is 2.94. The van der Waals surface area contributed by atoms with E-state index in [1.807, 2.05) is 0 Å². The average Bonchev–Trinajstić information content (AvgIpc) is 2.87. The van der Waals surface area contributed by atoms with Crippen LogP contribution in [0.3, 0.4) is 0 Å². The first kappa shape index (κ1) is 27.3. The van der Waals surface area contributed by atoms with Crippen LogP contribution in [0.25, 0.3) is 11.1 Å². The maximum atomic E-state index is 11.9. The molecule has 0 radical (unpaired) electrons. The Morgan fingerprint density at radius 1 is 0.556 bits per heavy atom. The minimum atomic E-state index is -0.720. The largest absolute Gasteiger partial charge is 0.423 e. The maximum absolute atomic E-state index is 11.9. The van der Waals surface area contributed by atoms with Gasteiger partial charge in [0.2, 0.25) is 0 Å². The van der Waals surface area contributed by atoms with E-state index in [1.165, 1.54) is 24.3 Å². The molecule has 0 saturated carbocycles. The molecular weight excluding hydrogens is 464 g/mol. The molecule has 8 heteroatoms. The molecule has 0 aliphatic carbocycles. The van der Waals surface area contributed by atoms with Crippen LogP contribution in [-0.2, 0) is 19.2 Å². The number of ether oxygens (including phenoxy) is 4. The van der Waals surface area contributed by atoms with Crippen molar-refractivity contribution in [3.05, 3.63) is 98.1 Å². The third-order valence-electron chi connectivity index (χ3n) is 4.80. The van der Waals surface area contributed by atoms with Crippen molar-refractivity contribution in [2.45, 2.75) is 13.8 Å². The van der Waals surface area contributed by atoms with E-state index in [-0.39, 0.29) is 23.0 Å². The predicted molar refractivity (Wildman–Crippen MR) is 134 cm³/mol. The van der Waals surface area contributed by atoms with E-state index in [0.29, 0.717) is 22.3 Å². The minimum Gasteiger partial charge on any atom is -0.423 e. The fourth-order valence-electron chi connectivity index (χ4n) is 2.94. The molecule has 2 aromatic rings. The molecular formula is C28H24O8. The summed E-state index contributed by atoms with van der Waals surface area (Å²) in [7, 11) is 0. The van der Waals surface area contributed by atoms with Crippen LogP contribution in [0.5, 0.6) is 23.0 Å². The second-order valence-corrected chi connectivity index (χ2v) is 7.07. The maximum Gasteiger partial charge on any atom is 0.335 e. The Balaban J connectivity index is 2.65. The normalized spacial score (nSPS) is 10.7. The first-order valence-electron chi connectivity index (χ1n) is 10.5. The van der Waals surface area contributed by atoms with Gasteiger partial charge in [0.05, 0.1) is 0 Å². The van der Waals surface area contributed by atoms with Gasteiger partial charge in [0.15, 0.2) is 0 Å². The van der Waals surface area contributed by atoms with Crippen LogP contribution in [0.2, 0.25) is 0 Å². The molecule has 8 nitrogen and oxygen atoms in total. The number of carbonyl (C=O) groups is 4. The van der Waals surface area contributed by atoms with E-state index in [0.717, 1.165) is 24.3 Å². The van der Waals surface area contributed by atoms with Crippen molar-refractivity contribution in [2.24, 2.45) is 0 Å². The zero-order valence-electron chi connectivity index (χ0n) is 19.9. The van der Waals surface area contributed by atoms with E-state index in [2.05, 4.69) is 26.3 Å². The Bertz CT molecular complexity index is 1200. The highest BCUT2D eigenvalue weighted by Gasteiger charge is 2.18. The van der Waals surface area contributed by atoms with Gasteiger partial charge in [-0.3, -0.25) is 0 Å². The van der Waals surface area contributed by atoms with Crippen molar-refractivity contribution < 1.29 is 38.1 Å². The van der Waals surface area contributed by atoms with Gasteiger partial charge >= 0.3 is 23.9 Å². The lowest BCUT2D eigenvalue weighted by Gasteiger charge is -2.16. The molecule has 36 heavy (non-hydrogen) atoms. The van der Waals surface area contributed by atoms with Crippen molar-refractivity contribution in [1.29, 1.82) is 0 Å². The van der Waals surface area contributed by atoms with Gasteiger partial charge in [0, 0.05) is 47.6 Å². The summed E-state index contributed by atoms with van der Waals surface area (Å²) in [5, 5.41) is 0. The molecule has 0 atom stereocenters. The lowest BCUT2D eigenvalue weighted by Crippen LogP contribution is -2.08. The highest BCUT2D eigenvalue weighted by Crippen LogP contribution is 2.38. The lowest BCUT2D eigenvalue weighted by molar-refractivity contribution is -0.130. The summed E-state index contributed by atoms with van der Waals surface area (Å²) in [6.45, 7) is 17.0. The van der Waals surface area contributed by atoms with Crippen molar-refractivity contribution >= 4 is 35.0 Å². The van der Waals surface area contributed by atoms with Gasteiger partial charge in [-0.15, -0.1) is 0 Å². The molecule has 2 aromatic carbocycles. The van der Waals surface area contributed by atoms with Gasteiger partial charge in [0.1, 0.15) is 23.0 Å². The average molecular weight is 488 g/mol. The Labute approximate surface area is 208 Å². The third-order valence-corrected chi connectivity index (χ3v) is 4.80. The topological polar surface area (TPSA) is 105 Å². The van der Waals surface area contributed by atoms with Gasteiger partial charge in [-0.05, 0) is 49.3 Å². The number of rotatable bonds is 10. The van der Waals surface area contributed by atoms with E-state index in [4.69, 9.17) is 18.9 Å². The van der Waals surface area contributed by atoms with E-state index in [9.17, 15) is 19.2 Å². The number of benzene rings is 2. The first-order chi connectivity index (χ1) is 17.1. The van der Waals surface area contributed by atoms with Crippen LogP contribution in [-0.4, -0.2) is 23.9 Å². The molecule has 0 spiro atoms. The van der Waals surface area contributed by atoms with Gasteiger partial charge < -0.3 is 18.9 Å². The summed E-state index contributed by atoms with van der Waals surface area (Å²) in [5.41, 5.74) is 2.25. The van der Waals surface area contributed by atoms with Crippen molar-refractivity contribution in [3.63, 3.8) is 0 Å². The van der Waals surface area contributed by atoms with E-state index >= 15 is 0 Å². The Hall–Kier alpha value is -4.98. The quantitative estimate of drug-likeness (QED) is 0.199. The summed E-state index contributed by atoms with van der Waals surface area (Å²) in [6, 6.07) is 9.01. The highest BCUT2D eigenvalue weighted by atomic mass is 16.6. The summed E-state index contributed by atoms with van der Waals surface area (Å²) < 4.78 is 21.0. The first-order valence-corrected chi connectivity index (χ1v) is 10.5. The SMILES string of the molecule is C=CC(=O)Oc1ccc(/C(C)=C(\C)c2ccc(OC(=O)C=C)cc2OC(=O)C=C)c(OC(=O)C=C)c1. The van der Waals surface area contributed by atoms with Gasteiger partial charge in [0.25, 0.3) is 0 Å². The Morgan fingerprint density at radius 3 is 1.17 bits per heavy atom. The van der Waals surface area contributed by atoms with Crippen LogP contribution in [0.4, 0.5) is 0 Å². The summed E-state index contributed by atoms with van der Waals surface area (Å²) in [5.74, 6) is -2.33. The molecule has 0 aromatic heterocycles. The molecule has 0 unspecified atom stereocenters. The van der Waals surface area contributed by atoms with Crippen LogP contribution >= 0.6 is 0 Å². The zero-order chi connectivity index (χ0) is 26.8. The monoisotopic (exact) mass is 488 g/mol. The third kappa shape index (κ3) is 7.01. The molecule has 0 N–H and O–H groups in total.